The van der Waals surface area contributed by atoms with Crippen LogP contribution >= 0.6 is 0 Å². The van der Waals surface area contributed by atoms with Gasteiger partial charge in [-0.15, -0.1) is 0 Å². The molecule has 1 N–H and O–H groups in total. The van der Waals surface area contributed by atoms with E-state index in [4.69, 9.17) is 0 Å². The molecule has 5 heteroatoms. The zero-order valence-electron chi connectivity index (χ0n) is 13.6. The highest BCUT2D eigenvalue weighted by molar-refractivity contribution is 7.89. The van der Waals surface area contributed by atoms with E-state index in [1.54, 1.807) is 12.1 Å². The van der Waals surface area contributed by atoms with Crippen LogP contribution in [0.25, 0.3) is 0 Å². The lowest BCUT2D eigenvalue weighted by atomic mass is 10.0. The third-order valence-electron chi connectivity index (χ3n) is 2.94. The van der Waals surface area contributed by atoms with Crippen LogP contribution < -0.4 is 4.83 Å². The van der Waals surface area contributed by atoms with Crippen LogP contribution in [0.3, 0.4) is 0 Å². The number of nitrogens with one attached hydrogen (secondary N) is 1. The Morgan fingerprint density at radius 2 is 1.67 bits per heavy atom. The number of hydrazone groups is 1. The molecule has 0 aromatic heterocycles. The van der Waals surface area contributed by atoms with Crippen molar-refractivity contribution in [1.29, 1.82) is 0 Å². The predicted molar refractivity (Wildman–Crippen MR) is 87.9 cm³/mol. The lowest BCUT2D eigenvalue weighted by molar-refractivity contribution is 0.583. The lowest BCUT2D eigenvalue weighted by Crippen LogP contribution is -2.20. The second-order valence-corrected chi connectivity index (χ2v) is 7.94. The van der Waals surface area contributed by atoms with Crippen molar-refractivity contribution in [2.45, 2.75) is 52.4 Å². The molecule has 0 amide bonds. The smallest absolute Gasteiger partial charge is 0.200 e. The summed E-state index contributed by atoms with van der Waals surface area (Å²) in [4.78, 5) is 2.55. The van der Waals surface area contributed by atoms with Gasteiger partial charge in [-0.2, -0.15) is 13.5 Å². The van der Waals surface area contributed by atoms with Gasteiger partial charge < -0.3 is 0 Å². The summed E-state index contributed by atoms with van der Waals surface area (Å²) in [7, 11) is -3.57. The summed E-state index contributed by atoms with van der Waals surface area (Å²) < 4.78 is 24.3. The van der Waals surface area contributed by atoms with Crippen molar-refractivity contribution in [2.24, 2.45) is 16.9 Å². The second-order valence-electron chi connectivity index (χ2n) is 6.28. The number of rotatable bonds is 7. The van der Waals surface area contributed by atoms with Gasteiger partial charge in [0, 0.05) is 5.71 Å². The average molecular weight is 310 g/mol. The van der Waals surface area contributed by atoms with Crippen LogP contribution in [0.4, 0.5) is 0 Å². The van der Waals surface area contributed by atoms with E-state index in [0.717, 1.165) is 24.1 Å². The summed E-state index contributed by atoms with van der Waals surface area (Å²) >= 11 is 0. The zero-order valence-corrected chi connectivity index (χ0v) is 14.4. The van der Waals surface area contributed by atoms with Crippen molar-refractivity contribution in [3.63, 3.8) is 0 Å². The molecule has 0 saturated carbocycles. The minimum Gasteiger partial charge on any atom is -0.200 e. The van der Waals surface area contributed by atoms with Crippen LogP contribution in [0.1, 0.15) is 46.6 Å². The maximum absolute atomic E-state index is 12.1. The first-order valence-electron chi connectivity index (χ1n) is 7.34. The van der Waals surface area contributed by atoms with Gasteiger partial charge in [0.2, 0.25) is 0 Å². The highest BCUT2D eigenvalue weighted by Gasteiger charge is 2.13. The van der Waals surface area contributed by atoms with E-state index in [0.29, 0.717) is 11.8 Å². The van der Waals surface area contributed by atoms with E-state index >= 15 is 0 Å². The number of nitrogens with zero attached hydrogens (tertiary/aromatic N) is 1. The van der Waals surface area contributed by atoms with E-state index in [9.17, 15) is 8.42 Å². The number of sulfonamides is 1. The Labute approximate surface area is 128 Å². The Balaban J connectivity index is 2.79. The van der Waals surface area contributed by atoms with Crippen LogP contribution in [-0.2, 0) is 16.4 Å². The summed E-state index contributed by atoms with van der Waals surface area (Å²) in [5.41, 5.74) is 1.92. The maximum Gasteiger partial charge on any atom is 0.276 e. The maximum atomic E-state index is 12.1. The summed E-state index contributed by atoms with van der Waals surface area (Å²) in [6.45, 7) is 10.2. The molecule has 1 rings (SSSR count). The average Bonchev–Trinajstić information content (AvgIpc) is 2.36. The fourth-order valence-corrected chi connectivity index (χ4v) is 2.98. The first-order chi connectivity index (χ1) is 9.70. The Morgan fingerprint density at radius 3 is 2.14 bits per heavy atom. The molecule has 0 aliphatic rings. The van der Waals surface area contributed by atoms with E-state index < -0.39 is 10.0 Å². The standard InChI is InChI=1S/C16H26N2O2S/c1-12(2)10-14(5)17-18-21(19,20)16-8-6-15(7-9-16)11-13(3)4/h6-9,12-13,18H,10-11H2,1-5H3/b17-14-. The Hall–Kier alpha value is -1.36. The van der Waals surface area contributed by atoms with Gasteiger partial charge in [0.1, 0.15) is 0 Å². The van der Waals surface area contributed by atoms with Crippen LogP contribution in [-0.4, -0.2) is 14.1 Å². The Bertz CT molecular complexity index is 573. The monoisotopic (exact) mass is 310 g/mol. The third-order valence-corrected chi connectivity index (χ3v) is 4.16. The molecule has 0 aliphatic heterocycles. The fourth-order valence-electron chi connectivity index (χ4n) is 2.10. The van der Waals surface area contributed by atoms with Crippen molar-refractivity contribution in [3.05, 3.63) is 29.8 Å². The molecule has 1 aromatic rings. The molecular formula is C16H26N2O2S. The third kappa shape index (κ3) is 6.29. The normalized spacial score (nSPS) is 13.0. The van der Waals surface area contributed by atoms with Crippen LogP contribution in [0.2, 0.25) is 0 Å². The largest absolute Gasteiger partial charge is 0.276 e. The Kier molecular flexibility index (Phi) is 6.40. The number of hydrogen-bond donors (Lipinski definition) is 1. The molecule has 0 bridgehead atoms. The molecule has 21 heavy (non-hydrogen) atoms. The van der Waals surface area contributed by atoms with Gasteiger partial charge in [0.25, 0.3) is 10.0 Å². The van der Waals surface area contributed by atoms with Gasteiger partial charge in [-0.1, -0.05) is 39.8 Å². The van der Waals surface area contributed by atoms with Gasteiger partial charge >= 0.3 is 0 Å². The Morgan fingerprint density at radius 1 is 1.10 bits per heavy atom. The van der Waals surface area contributed by atoms with Gasteiger partial charge in [-0.3, -0.25) is 0 Å². The van der Waals surface area contributed by atoms with Gasteiger partial charge in [-0.25, -0.2) is 4.83 Å². The SMILES string of the molecule is C/C(CC(C)C)=N/NS(=O)(=O)c1ccc(CC(C)C)cc1. The fraction of sp³-hybridized carbons (Fsp3) is 0.562. The highest BCUT2D eigenvalue weighted by Crippen LogP contribution is 2.13. The predicted octanol–water partition coefficient (Wildman–Crippen LogP) is 3.59. The molecular weight excluding hydrogens is 284 g/mol. The molecule has 0 heterocycles. The number of benzene rings is 1. The van der Waals surface area contributed by atoms with E-state index in [-0.39, 0.29) is 4.90 Å². The topological polar surface area (TPSA) is 58.5 Å². The van der Waals surface area contributed by atoms with Crippen molar-refractivity contribution < 1.29 is 8.42 Å². The molecule has 0 fully saturated rings. The van der Waals surface area contributed by atoms with Crippen molar-refractivity contribution in [2.75, 3.05) is 0 Å². The quantitative estimate of drug-likeness (QED) is 0.618. The highest BCUT2D eigenvalue weighted by atomic mass is 32.2. The van der Waals surface area contributed by atoms with Crippen LogP contribution in [0, 0.1) is 11.8 Å². The minimum absolute atomic E-state index is 0.246. The zero-order chi connectivity index (χ0) is 16.0. The minimum atomic E-state index is -3.57. The summed E-state index contributed by atoms with van der Waals surface area (Å²) in [5, 5.41) is 3.96. The molecule has 0 atom stereocenters. The molecule has 1 aromatic carbocycles. The number of hydrogen-bond acceptors (Lipinski definition) is 3. The second kappa shape index (κ2) is 7.59. The van der Waals surface area contributed by atoms with Crippen molar-refractivity contribution in [1.82, 2.24) is 4.83 Å². The molecule has 4 nitrogen and oxygen atoms in total. The first-order valence-corrected chi connectivity index (χ1v) is 8.83. The first kappa shape index (κ1) is 17.7. The molecule has 118 valence electrons. The molecule has 0 radical (unpaired) electrons. The summed E-state index contributed by atoms with van der Waals surface area (Å²) in [6, 6.07) is 6.99. The lowest BCUT2D eigenvalue weighted by Gasteiger charge is -2.08. The molecule has 0 saturated heterocycles. The van der Waals surface area contributed by atoms with Gasteiger partial charge in [0.05, 0.1) is 4.90 Å². The van der Waals surface area contributed by atoms with E-state index in [2.05, 4.69) is 37.6 Å². The molecule has 0 aliphatic carbocycles. The van der Waals surface area contributed by atoms with Crippen LogP contribution in [0.15, 0.2) is 34.3 Å². The van der Waals surface area contributed by atoms with Gasteiger partial charge in [-0.05, 0) is 49.3 Å². The summed E-state index contributed by atoms with van der Waals surface area (Å²) in [6.07, 6.45) is 1.72. The molecule has 0 unspecified atom stereocenters. The van der Waals surface area contributed by atoms with E-state index in [1.807, 2.05) is 19.1 Å². The summed E-state index contributed by atoms with van der Waals surface area (Å²) in [5.74, 6) is 1.00. The van der Waals surface area contributed by atoms with Gasteiger partial charge in [0.15, 0.2) is 0 Å². The van der Waals surface area contributed by atoms with Crippen molar-refractivity contribution in [3.8, 4) is 0 Å². The van der Waals surface area contributed by atoms with Crippen LogP contribution in [0.5, 0.6) is 0 Å². The van der Waals surface area contributed by atoms with Crippen molar-refractivity contribution >= 4 is 15.7 Å². The molecule has 0 spiro atoms. The van der Waals surface area contributed by atoms with E-state index in [1.165, 1.54) is 0 Å².